The number of carbonyl (C=O) groups excluding carboxylic acids is 2. The molecule has 2 atom stereocenters. The van der Waals surface area contributed by atoms with Crippen LogP contribution in [0.3, 0.4) is 0 Å². The van der Waals surface area contributed by atoms with Crippen LogP contribution in [0.15, 0.2) is 0 Å². The Kier molecular flexibility index (Phi) is 2.34. The molecule has 0 aromatic rings. The highest BCUT2D eigenvalue weighted by Gasteiger charge is 2.76. The van der Waals surface area contributed by atoms with Crippen LogP contribution in [-0.4, -0.2) is 36.7 Å². The number of ether oxygens (including phenoxy) is 1. The molecular formula is C12H19NO4. The van der Waals surface area contributed by atoms with Gasteiger partial charge in [-0.15, -0.1) is 0 Å². The fourth-order valence-corrected chi connectivity index (χ4v) is 3.06. The largest absolute Gasteiger partial charge is 0.448 e. The molecule has 5 heteroatoms. The van der Waals surface area contributed by atoms with E-state index in [-0.39, 0.29) is 11.9 Å². The number of esters is 1. The van der Waals surface area contributed by atoms with E-state index in [1.807, 2.05) is 20.8 Å². The van der Waals surface area contributed by atoms with E-state index in [1.54, 1.807) is 0 Å². The number of carbonyl (C=O) groups is 2. The van der Waals surface area contributed by atoms with Crippen molar-refractivity contribution in [3.63, 3.8) is 0 Å². The van der Waals surface area contributed by atoms with Crippen LogP contribution in [0.4, 0.5) is 0 Å². The van der Waals surface area contributed by atoms with Crippen molar-refractivity contribution in [1.29, 1.82) is 0 Å². The standard InChI is InChI=1S/C12H19NO4/c1-10(2)11(3)6-7-12(10,17-9(11)15)8(14)13(4)16-5/h6-7H2,1-5H3/t11-,12+/m0/s1. The second kappa shape index (κ2) is 3.22. The van der Waals surface area contributed by atoms with Crippen LogP contribution in [0, 0.1) is 10.8 Å². The van der Waals surface area contributed by atoms with E-state index in [2.05, 4.69) is 0 Å². The molecule has 5 nitrogen and oxygen atoms in total. The number of hydrogen-bond acceptors (Lipinski definition) is 4. The Morgan fingerprint density at radius 2 is 1.94 bits per heavy atom. The number of nitrogens with zero attached hydrogens (tertiary/aromatic N) is 1. The molecule has 96 valence electrons. The maximum Gasteiger partial charge on any atom is 0.313 e. The van der Waals surface area contributed by atoms with E-state index >= 15 is 0 Å². The lowest BCUT2D eigenvalue weighted by Crippen LogP contribution is -2.53. The van der Waals surface area contributed by atoms with Gasteiger partial charge in [-0.05, 0) is 19.8 Å². The first kappa shape index (κ1) is 12.4. The molecule has 0 N–H and O–H groups in total. The first-order valence-electron chi connectivity index (χ1n) is 5.79. The van der Waals surface area contributed by atoms with Gasteiger partial charge in [-0.25, -0.2) is 5.06 Å². The normalized spacial score (nSPS) is 38.1. The molecular weight excluding hydrogens is 222 g/mol. The molecule has 17 heavy (non-hydrogen) atoms. The summed E-state index contributed by atoms with van der Waals surface area (Å²) in [7, 11) is 2.96. The first-order valence-corrected chi connectivity index (χ1v) is 5.79. The average molecular weight is 241 g/mol. The number of fused-ring (bicyclic) bond motifs is 2. The van der Waals surface area contributed by atoms with Crippen LogP contribution in [0.1, 0.15) is 33.6 Å². The van der Waals surface area contributed by atoms with Gasteiger partial charge in [0.1, 0.15) is 0 Å². The highest BCUT2D eigenvalue weighted by molar-refractivity contribution is 5.95. The first-order chi connectivity index (χ1) is 7.73. The van der Waals surface area contributed by atoms with Crippen molar-refractivity contribution >= 4 is 11.9 Å². The van der Waals surface area contributed by atoms with Crippen molar-refractivity contribution < 1.29 is 19.2 Å². The molecule has 2 rings (SSSR count). The summed E-state index contributed by atoms with van der Waals surface area (Å²) in [6, 6.07) is 0. The summed E-state index contributed by atoms with van der Waals surface area (Å²) in [5.74, 6) is -0.550. The topological polar surface area (TPSA) is 55.8 Å². The minimum Gasteiger partial charge on any atom is -0.448 e. The molecule has 1 heterocycles. The number of rotatable bonds is 2. The molecule has 0 spiro atoms. The zero-order valence-corrected chi connectivity index (χ0v) is 11.0. The number of hydroxylamine groups is 2. The fourth-order valence-electron chi connectivity index (χ4n) is 3.06. The van der Waals surface area contributed by atoms with E-state index in [0.29, 0.717) is 12.8 Å². The maximum absolute atomic E-state index is 12.4. The monoisotopic (exact) mass is 241 g/mol. The minimum absolute atomic E-state index is 0.272. The summed E-state index contributed by atoms with van der Waals surface area (Å²) in [5, 5.41) is 1.14. The molecule has 1 aliphatic heterocycles. The predicted octanol–water partition coefficient (Wildman–Crippen LogP) is 1.13. The third kappa shape index (κ3) is 1.13. The lowest BCUT2D eigenvalue weighted by Gasteiger charge is -2.37. The van der Waals surface area contributed by atoms with E-state index in [0.717, 1.165) is 5.06 Å². The van der Waals surface area contributed by atoms with Gasteiger partial charge in [0.2, 0.25) is 0 Å². The van der Waals surface area contributed by atoms with Crippen molar-refractivity contribution in [2.75, 3.05) is 14.2 Å². The van der Waals surface area contributed by atoms with Crippen LogP contribution < -0.4 is 0 Å². The molecule has 0 aromatic heterocycles. The summed E-state index contributed by atoms with van der Waals surface area (Å²) in [6.07, 6.45) is 1.25. The summed E-state index contributed by atoms with van der Waals surface area (Å²) in [5.41, 5.74) is -2.15. The second-order valence-corrected chi connectivity index (χ2v) is 5.66. The van der Waals surface area contributed by atoms with Crippen LogP contribution in [0.5, 0.6) is 0 Å². The van der Waals surface area contributed by atoms with Crippen molar-refractivity contribution in [2.24, 2.45) is 10.8 Å². The Morgan fingerprint density at radius 1 is 1.35 bits per heavy atom. The van der Waals surface area contributed by atoms with E-state index in [9.17, 15) is 9.59 Å². The third-order valence-corrected chi connectivity index (χ3v) is 4.99. The molecule has 0 radical (unpaired) electrons. The van der Waals surface area contributed by atoms with Crippen LogP contribution in [-0.2, 0) is 19.2 Å². The number of amides is 1. The maximum atomic E-state index is 12.4. The lowest BCUT2D eigenvalue weighted by molar-refractivity contribution is -0.199. The van der Waals surface area contributed by atoms with Gasteiger partial charge in [0.05, 0.1) is 12.5 Å². The Bertz CT molecular complexity index is 392. The SMILES string of the molecule is CON(C)C(=O)[C@@]12CC[C@@](C)(C(=O)O1)C2(C)C. The predicted molar refractivity (Wildman–Crippen MR) is 59.7 cm³/mol. The summed E-state index contributed by atoms with van der Waals surface area (Å²) >= 11 is 0. The van der Waals surface area contributed by atoms with Gasteiger partial charge in [-0.3, -0.25) is 14.4 Å². The van der Waals surface area contributed by atoms with Gasteiger partial charge in [-0.2, -0.15) is 0 Å². The van der Waals surface area contributed by atoms with Gasteiger partial charge < -0.3 is 4.74 Å². The Morgan fingerprint density at radius 3 is 2.29 bits per heavy atom. The van der Waals surface area contributed by atoms with Crippen molar-refractivity contribution in [1.82, 2.24) is 5.06 Å². The van der Waals surface area contributed by atoms with E-state index in [4.69, 9.17) is 9.57 Å². The van der Waals surface area contributed by atoms with Crippen molar-refractivity contribution in [3.8, 4) is 0 Å². The zero-order valence-electron chi connectivity index (χ0n) is 11.0. The molecule has 1 amide bonds. The van der Waals surface area contributed by atoms with E-state index in [1.165, 1.54) is 14.2 Å². The molecule has 1 saturated carbocycles. The Balaban J connectivity index is 2.47. The minimum atomic E-state index is -1.07. The van der Waals surface area contributed by atoms with Gasteiger partial charge in [-0.1, -0.05) is 13.8 Å². The second-order valence-electron chi connectivity index (χ2n) is 5.66. The lowest BCUT2D eigenvalue weighted by atomic mass is 9.66. The highest BCUT2D eigenvalue weighted by Crippen LogP contribution is 2.65. The summed E-state index contributed by atoms with van der Waals surface area (Å²) in [4.78, 5) is 29.3. The van der Waals surface area contributed by atoms with Crippen LogP contribution in [0.2, 0.25) is 0 Å². The quantitative estimate of drug-likeness (QED) is 0.537. The molecule has 2 aliphatic rings. The van der Waals surface area contributed by atoms with Crippen molar-refractivity contribution in [3.05, 3.63) is 0 Å². The smallest absolute Gasteiger partial charge is 0.313 e. The fraction of sp³-hybridized carbons (Fsp3) is 0.833. The Labute approximate surface area is 101 Å². The number of hydrogen-bond donors (Lipinski definition) is 0. The summed E-state index contributed by atoms with van der Waals surface area (Å²) in [6.45, 7) is 5.72. The Hall–Kier alpha value is -1.10. The van der Waals surface area contributed by atoms with Crippen molar-refractivity contribution in [2.45, 2.75) is 39.2 Å². The molecule has 0 unspecified atom stereocenters. The van der Waals surface area contributed by atoms with Gasteiger partial charge in [0.25, 0.3) is 5.91 Å². The molecule has 1 saturated heterocycles. The van der Waals surface area contributed by atoms with Crippen LogP contribution >= 0.6 is 0 Å². The van der Waals surface area contributed by atoms with E-state index < -0.39 is 16.4 Å². The average Bonchev–Trinajstić information content (AvgIpc) is 2.57. The molecule has 2 fully saturated rings. The molecule has 1 aliphatic carbocycles. The molecule has 0 aromatic carbocycles. The summed E-state index contributed by atoms with van der Waals surface area (Å²) < 4.78 is 5.44. The van der Waals surface area contributed by atoms with Gasteiger partial charge in [0, 0.05) is 12.5 Å². The molecule has 2 bridgehead atoms. The van der Waals surface area contributed by atoms with Gasteiger partial charge >= 0.3 is 5.97 Å². The van der Waals surface area contributed by atoms with Crippen LogP contribution in [0.25, 0.3) is 0 Å². The van der Waals surface area contributed by atoms with Gasteiger partial charge in [0.15, 0.2) is 5.60 Å². The number of likely N-dealkylation sites (N-methyl/N-ethyl adjacent to an activating group) is 1. The third-order valence-electron chi connectivity index (χ3n) is 4.99. The highest BCUT2D eigenvalue weighted by atomic mass is 16.7. The zero-order chi connectivity index (χ0) is 13.1.